The predicted molar refractivity (Wildman–Crippen MR) is 65.0 cm³/mol. The van der Waals surface area contributed by atoms with Gasteiger partial charge in [0.1, 0.15) is 23.3 Å². The van der Waals surface area contributed by atoms with Crippen molar-refractivity contribution in [2.24, 2.45) is 4.99 Å². The van der Waals surface area contributed by atoms with E-state index in [2.05, 4.69) is 9.98 Å². The number of aromatic nitrogens is 1. The van der Waals surface area contributed by atoms with E-state index in [-0.39, 0.29) is 5.75 Å². The van der Waals surface area contributed by atoms with Gasteiger partial charge in [-0.1, -0.05) is 0 Å². The molecule has 0 fully saturated rings. The Hall–Kier alpha value is -1.40. The summed E-state index contributed by atoms with van der Waals surface area (Å²) >= 11 is 1.64. The third-order valence-electron chi connectivity index (χ3n) is 1.57. The van der Waals surface area contributed by atoms with Crippen molar-refractivity contribution >= 4 is 23.6 Å². The summed E-state index contributed by atoms with van der Waals surface area (Å²) in [7, 11) is 1.00. The third kappa shape index (κ3) is 4.00. The number of aliphatic hydroxyl groups is 1. The smallest absolute Gasteiger partial charge is 0.144 e. The molecule has 1 aliphatic rings. The van der Waals surface area contributed by atoms with Crippen LogP contribution in [0.25, 0.3) is 0 Å². The van der Waals surface area contributed by atoms with Crippen LogP contribution < -0.4 is 0 Å². The van der Waals surface area contributed by atoms with Gasteiger partial charge in [-0.25, -0.2) is 0 Å². The molecule has 0 amide bonds. The van der Waals surface area contributed by atoms with Gasteiger partial charge in [0.05, 0.1) is 0 Å². The van der Waals surface area contributed by atoms with Crippen LogP contribution in [0, 0.1) is 0 Å². The number of carbonyl (C=O) groups is 1. The van der Waals surface area contributed by atoms with Crippen molar-refractivity contribution in [1.29, 1.82) is 0 Å². The lowest BCUT2D eigenvalue weighted by molar-refractivity contribution is -0.0979. The van der Waals surface area contributed by atoms with Crippen LogP contribution in [0.15, 0.2) is 23.3 Å². The van der Waals surface area contributed by atoms with E-state index in [9.17, 15) is 5.11 Å². The topological polar surface area (TPSA) is 82.8 Å². The van der Waals surface area contributed by atoms with E-state index in [0.29, 0.717) is 5.69 Å². The highest BCUT2D eigenvalue weighted by Crippen LogP contribution is 2.23. The molecule has 1 aromatic rings. The molecule has 0 atom stereocenters. The molecule has 0 bridgehead atoms. The van der Waals surface area contributed by atoms with Gasteiger partial charge in [0, 0.05) is 25.6 Å². The molecule has 2 N–H and O–H groups in total. The molecule has 16 heavy (non-hydrogen) atoms. The van der Waals surface area contributed by atoms with Crippen molar-refractivity contribution in [3.63, 3.8) is 0 Å². The molecule has 0 radical (unpaired) electrons. The predicted octanol–water partition coefficient (Wildman–Crippen LogP) is 0.704. The number of nitrogens with zero attached hydrogens (tertiary/aromatic N) is 2. The van der Waals surface area contributed by atoms with Crippen LogP contribution in [0.2, 0.25) is 0 Å². The first-order valence-electron chi connectivity index (χ1n) is 4.43. The number of carbonyl (C=O) groups excluding carboxylic acids is 1. The first-order chi connectivity index (χ1) is 7.88. The average Bonchev–Trinajstić information content (AvgIpc) is 2.88. The minimum absolute atomic E-state index is 0.214. The van der Waals surface area contributed by atoms with E-state index in [1.807, 2.05) is 6.79 Å². The van der Waals surface area contributed by atoms with E-state index in [0.717, 1.165) is 24.5 Å². The van der Waals surface area contributed by atoms with Crippen molar-refractivity contribution in [3.05, 3.63) is 24.0 Å². The van der Waals surface area contributed by atoms with Gasteiger partial charge >= 0.3 is 0 Å². The molecule has 1 aliphatic heterocycles. The average molecular weight is 242 g/mol. The maximum atomic E-state index is 9.41. The van der Waals surface area contributed by atoms with Gasteiger partial charge in [-0.2, -0.15) is 0 Å². The van der Waals surface area contributed by atoms with Gasteiger partial charge in [-0.15, -0.1) is 11.8 Å². The second-order valence-electron chi connectivity index (χ2n) is 2.41. The van der Waals surface area contributed by atoms with Gasteiger partial charge in [0.2, 0.25) is 0 Å². The molecular weight excluding hydrogens is 228 g/mol. The lowest BCUT2D eigenvalue weighted by Crippen LogP contribution is -1.95. The van der Waals surface area contributed by atoms with E-state index >= 15 is 0 Å². The van der Waals surface area contributed by atoms with E-state index < -0.39 is 0 Å². The number of hydrogen-bond acceptors (Lipinski definition) is 6. The van der Waals surface area contributed by atoms with Gasteiger partial charge < -0.3 is 15.0 Å². The van der Waals surface area contributed by atoms with Crippen LogP contribution >= 0.6 is 11.8 Å². The number of aliphatic imine (C=N–C) groups is 1. The summed E-state index contributed by atoms with van der Waals surface area (Å²) < 4.78 is 0. The number of aromatic hydroxyl groups is 1. The standard InChI is InChI=1S/C8H8N2OS.CH4O.CH2O/c11-6-2-1-3-9-7(6)8-10-4-5-12-8;2*1-2/h1-3,11H,4-5H2;2H,1H3;1H2. The van der Waals surface area contributed by atoms with Crippen LogP contribution in [0.1, 0.15) is 5.69 Å². The minimum Gasteiger partial charge on any atom is -0.506 e. The molecule has 0 aliphatic carbocycles. The van der Waals surface area contributed by atoms with Gasteiger partial charge in [-0.05, 0) is 12.1 Å². The van der Waals surface area contributed by atoms with Crippen molar-refractivity contribution in [2.45, 2.75) is 0 Å². The van der Waals surface area contributed by atoms with Crippen molar-refractivity contribution < 1.29 is 15.0 Å². The summed E-state index contributed by atoms with van der Waals surface area (Å²) in [5, 5.41) is 17.3. The highest BCUT2D eigenvalue weighted by Gasteiger charge is 2.13. The zero-order valence-corrected chi connectivity index (χ0v) is 9.78. The molecule has 1 aromatic heterocycles. The van der Waals surface area contributed by atoms with Crippen LogP contribution in [0.5, 0.6) is 5.75 Å². The minimum atomic E-state index is 0.214. The Morgan fingerprint density at radius 2 is 2.12 bits per heavy atom. The summed E-state index contributed by atoms with van der Waals surface area (Å²) in [6.45, 7) is 2.83. The van der Waals surface area contributed by atoms with Crippen molar-refractivity contribution in [1.82, 2.24) is 4.98 Å². The maximum absolute atomic E-state index is 9.41. The Morgan fingerprint density at radius 1 is 1.44 bits per heavy atom. The second-order valence-corrected chi connectivity index (χ2v) is 3.49. The summed E-state index contributed by atoms with van der Waals surface area (Å²) in [6, 6.07) is 3.34. The van der Waals surface area contributed by atoms with Crippen LogP contribution in [0.4, 0.5) is 0 Å². The summed E-state index contributed by atoms with van der Waals surface area (Å²) in [5.41, 5.74) is 0.611. The highest BCUT2D eigenvalue weighted by molar-refractivity contribution is 8.14. The Labute approximate surface area is 98.3 Å². The fraction of sp³-hybridized carbons (Fsp3) is 0.300. The fourth-order valence-corrected chi connectivity index (χ4v) is 1.89. The number of pyridine rings is 1. The van der Waals surface area contributed by atoms with Crippen molar-refractivity contribution in [3.8, 4) is 5.75 Å². The number of rotatable bonds is 1. The number of aliphatic hydroxyl groups excluding tert-OH is 1. The Balaban J connectivity index is 0.000000509. The molecule has 0 saturated heterocycles. The van der Waals surface area contributed by atoms with Gasteiger partial charge in [-0.3, -0.25) is 9.98 Å². The lowest BCUT2D eigenvalue weighted by atomic mass is 10.3. The molecular formula is C10H14N2O3S. The normalized spacial score (nSPS) is 12.8. The monoisotopic (exact) mass is 242 g/mol. The molecule has 0 aromatic carbocycles. The first kappa shape index (κ1) is 14.6. The fourth-order valence-electron chi connectivity index (χ4n) is 1.04. The van der Waals surface area contributed by atoms with Crippen LogP contribution in [-0.4, -0.2) is 46.4 Å². The van der Waals surface area contributed by atoms with Crippen molar-refractivity contribution in [2.75, 3.05) is 19.4 Å². The zero-order valence-electron chi connectivity index (χ0n) is 8.96. The molecule has 88 valence electrons. The number of thioether (sulfide) groups is 1. The summed E-state index contributed by atoms with van der Waals surface area (Å²) in [4.78, 5) is 16.3. The Kier molecular flexibility index (Phi) is 8.10. The molecule has 0 spiro atoms. The first-order valence-corrected chi connectivity index (χ1v) is 5.41. The molecule has 5 nitrogen and oxygen atoms in total. The molecule has 0 unspecified atom stereocenters. The Morgan fingerprint density at radius 3 is 2.62 bits per heavy atom. The largest absolute Gasteiger partial charge is 0.506 e. The maximum Gasteiger partial charge on any atom is 0.144 e. The van der Waals surface area contributed by atoms with Crippen LogP contribution in [-0.2, 0) is 4.79 Å². The SMILES string of the molecule is C=O.CO.Oc1cccnc1C1=NCCS1. The molecule has 2 heterocycles. The van der Waals surface area contributed by atoms with Gasteiger partial charge in [0.15, 0.2) is 0 Å². The van der Waals surface area contributed by atoms with E-state index in [4.69, 9.17) is 9.90 Å². The molecule has 6 heteroatoms. The zero-order chi connectivity index (χ0) is 12.4. The lowest BCUT2D eigenvalue weighted by Gasteiger charge is -1.99. The third-order valence-corrected chi connectivity index (χ3v) is 2.56. The molecule has 0 saturated carbocycles. The van der Waals surface area contributed by atoms with Gasteiger partial charge in [0.25, 0.3) is 0 Å². The quantitative estimate of drug-likeness (QED) is 0.757. The second kappa shape index (κ2) is 8.87. The molecule has 2 rings (SSSR count). The van der Waals surface area contributed by atoms with Crippen LogP contribution in [0.3, 0.4) is 0 Å². The van der Waals surface area contributed by atoms with E-state index in [1.165, 1.54) is 0 Å². The highest BCUT2D eigenvalue weighted by atomic mass is 32.2. The number of hydrogen-bond donors (Lipinski definition) is 2. The summed E-state index contributed by atoms with van der Waals surface area (Å²) in [5.74, 6) is 1.20. The summed E-state index contributed by atoms with van der Waals surface area (Å²) in [6.07, 6.45) is 1.66. The van der Waals surface area contributed by atoms with E-state index in [1.54, 1.807) is 30.1 Å². The Bertz CT molecular complexity index is 345.